The second-order valence-electron chi connectivity index (χ2n) is 7.62. The number of amides is 1. The molecule has 0 radical (unpaired) electrons. The Bertz CT molecular complexity index is 1120. The van der Waals surface area contributed by atoms with Crippen LogP contribution in [0.5, 0.6) is 0 Å². The van der Waals surface area contributed by atoms with Gasteiger partial charge >= 0.3 is 5.97 Å². The van der Waals surface area contributed by atoms with E-state index in [1.165, 1.54) is 33.2 Å². The molecule has 0 spiro atoms. The summed E-state index contributed by atoms with van der Waals surface area (Å²) >= 11 is 6.01. The molecule has 1 fully saturated rings. The molecule has 0 bridgehead atoms. The van der Waals surface area contributed by atoms with Gasteiger partial charge in [-0.25, -0.2) is 17.5 Å². The number of nitrogens with zero attached hydrogens (tertiary/aromatic N) is 2. The molecule has 2 aromatic rings. The van der Waals surface area contributed by atoms with E-state index in [1.807, 2.05) is 12.1 Å². The highest BCUT2D eigenvalue weighted by Crippen LogP contribution is 2.25. The van der Waals surface area contributed by atoms with Crippen molar-refractivity contribution in [2.75, 3.05) is 50.6 Å². The minimum Gasteiger partial charge on any atom is -0.449 e. The number of benzene rings is 2. The van der Waals surface area contributed by atoms with Gasteiger partial charge in [0.15, 0.2) is 6.10 Å². The Kier molecular flexibility index (Phi) is 7.96. The van der Waals surface area contributed by atoms with Crippen LogP contribution in [-0.2, 0) is 24.3 Å². The van der Waals surface area contributed by atoms with Crippen molar-refractivity contribution in [3.05, 3.63) is 53.1 Å². The molecule has 0 aromatic heterocycles. The highest BCUT2D eigenvalue weighted by atomic mass is 35.5. The lowest BCUT2D eigenvalue weighted by Gasteiger charge is -2.28. The standard InChI is InChI=1S/C22H26ClN3O6S/c1-15(21(27)24-17-5-7-18(8-6-17)26-10-12-31-13-11-26)32-22(28)16-4-9-19(23)20(14-16)33(29,30)25(2)3/h4-9,14-15H,10-13H2,1-3H3,(H,24,27). The zero-order chi connectivity index (χ0) is 24.2. The minimum absolute atomic E-state index is 0.0217. The number of sulfonamides is 1. The molecular formula is C22H26ClN3O6S. The number of hydrogen-bond donors (Lipinski definition) is 1. The van der Waals surface area contributed by atoms with Crippen LogP contribution < -0.4 is 10.2 Å². The smallest absolute Gasteiger partial charge is 0.338 e. The van der Waals surface area contributed by atoms with Gasteiger partial charge in [-0.05, 0) is 49.4 Å². The van der Waals surface area contributed by atoms with E-state index >= 15 is 0 Å². The number of carbonyl (C=O) groups excluding carboxylic acids is 2. The van der Waals surface area contributed by atoms with Crippen LogP contribution in [0.25, 0.3) is 0 Å². The number of ether oxygens (including phenoxy) is 2. The largest absolute Gasteiger partial charge is 0.449 e. The van der Waals surface area contributed by atoms with E-state index in [2.05, 4.69) is 10.2 Å². The van der Waals surface area contributed by atoms with Gasteiger partial charge in [-0.2, -0.15) is 0 Å². The Hall–Kier alpha value is -2.66. The summed E-state index contributed by atoms with van der Waals surface area (Å²) in [5, 5.41) is 2.68. The van der Waals surface area contributed by atoms with Crippen molar-refractivity contribution in [1.82, 2.24) is 4.31 Å². The first-order valence-electron chi connectivity index (χ1n) is 10.3. The summed E-state index contributed by atoms with van der Waals surface area (Å²) in [5.41, 5.74) is 1.56. The first-order chi connectivity index (χ1) is 15.6. The van der Waals surface area contributed by atoms with E-state index < -0.39 is 28.0 Å². The number of rotatable bonds is 7. The molecular weight excluding hydrogens is 470 g/mol. The lowest BCUT2D eigenvalue weighted by atomic mass is 10.2. The lowest BCUT2D eigenvalue weighted by molar-refractivity contribution is -0.123. The molecule has 1 heterocycles. The van der Waals surface area contributed by atoms with Gasteiger partial charge < -0.3 is 19.7 Å². The molecule has 1 N–H and O–H groups in total. The van der Waals surface area contributed by atoms with Crippen molar-refractivity contribution in [3.63, 3.8) is 0 Å². The predicted molar refractivity (Wildman–Crippen MR) is 125 cm³/mol. The van der Waals surface area contributed by atoms with Crippen LogP contribution in [0.4, 0.5) is 11.4 Å². The highest BCUT2D eigenvalue weighted by Gasteiger charge is 2.25. The Balaban J connectivity index is 1.63. The van der Waals surface area contributed by atoms with Crippen molar-refractivity contribution in [2.24, 2.45) is 0 Å². The van der Waals surface area contributed by atoms with E-state index in [4.69, 9.17) is 21.1 Å². The third-order valence-corrected chi connectivity index (χ3v) is 7.39. The van der Waals surface area contributed by atoms with Gasteiger partial charge in [0.1, 0.15) is 4.90 Å². The minimum atomic E-state index is -3.86. The normalized spacial score (nSPS) is 15.2. The third kappa shape index (κ3) is 6.02. The second-order valence-corrected chi connectivity index (χ2v) is 10.1. The molecule has 9 nitrogen and oxygen atoms in total. The molecule has 1 aliphatic rings. The molecule has 3 rings (SSSR count). The van der Waals surface area contributed by atoms with Crippen molar-refractivity contribution in [3.8, 4) is 0 Å². The summed E-state index contributed by atoms with van der Waals surface area (Å²) in [6, 6.07) is 11.1. The molecule has 1 atom stereocenters. The van der Waals surface area contributed by atoms with Crippen LogP contribution in [0.2, 0.25) is 5.02 Å². The van der Waals surface area contributed by atoms with Crippen LogP contribution >= 0.6 is 11.6 Å². The van der Waals surface area contributed by atoms with Gasteiger partial charge in [0, 0.05) is 38.6 Å². The van der Waals surface area contributed by atoms with Crippen molar-refractivity contribution in [2.45, 2.75) is 17.9 Å². The molecule has 0 saturated carbocycles. The van der Waals surface area contributed by atoms with E-state index in [1.54, 1.807) is 12.1 Å². The monoisotopic (exact) mass is 495 g/mol. The van der Waals surface area contributed by atoms with Crippen molar-refractivity contribution < 1.29 is 27.5 Å². The summed E-state index contributed by atoms with van der Waals surface area (Å²) in [5.74, 6) is -1.36. The number of anilines is 2. The lowest BCUT2D eigenvalue weighted by Crippen LogP contribution is -2.36. The molecule has 33 heavy (non-hydrogen) atoms. The maximum Gasteiger partial charge on any atom is 0.338 e. The number of carbonyl (C=O) groups is 2. The van der Waals surface area contributed by atoms with Crippen LogP contribution in [0.3, 0.4) is 0 Å². The van der Waals surface area contributed by atoms with E-state index in [0.29, 0.717) is 18.9 Å². The fourth-order valence-corrected chi connectivity index (χ4v) is 4.52. The molecule has 1 unspecified atom stereocenters. The maximum absolute atomic E-state index is 12.5. The van der Waals surface area contributed by atoms with Crippen LogP contribution in [0.15, 0.2) is 47.4 Å². The maximum atomic E-state index is 12.5. The molecule has 178 valence electrons. The summed E-state index contributed by atoms with van der Waals surface area (Å²) in [7, 11) is -1.14. The number of nitrogens with one attached hydrogen (secondary N) is 1. The van der Waals surface area contributed by atoms with Gasteiger partial charge in [-0.15, -0.1) is 0 Å². The molecule has 1 aliphatic heterocycles. The molecule has 1 saturated heterocycles. The van der Waals surface area contributed by atoms with Crippen LogP contribution in [0.1, 0.15) is 17.3 Å². The van der Waals surface area contributed by atoms with Gasteiger partial charge in [0.2, 0.25) is 10.0 Å². The average molecular weight is 496 g/mol. The van der Waals surface area contributed by atoms with Gasteiger partial charge in [0.05, 0.1) is 23.8 Å². The SMILES string of the molecule is CC(OC(=O)c1ccc(Cl)c(S(=O)(=O)N(C)C)c1)C(=O)Nc1ccc(N2CCOCC2)cc1. The highest BCUT2D eigenvalue weighted by molar-refractivity contribution is 7.89. The van der Waals surface area contributed by atoms with Gasteiger partial charge in [-0.1, -0.05) is 11.6 Å². The fourth-order valence-electron chi connectivity index (χ4n) is 3.13. The van der Waals surface area contributed by atoms with Crippen molar-refractivity contribution >= 4 is 44.9 Å². The topological polar surface area (TPSA) is 105 Å². The molecule has 2 aromatic carbocycles. The number of hydrogen-bond acceptors (Lipinski definition) is 7. The zero-order valence-electron chi connectivity index (χ0n) is 18.6. The van der Waals surface area contributed by atoms with Gasteiger partial charge in [0.25, 0.3) is 5.91 Å². The summed E-state index contributed by atoms with van der Waals surface area (Å²) in [6.45, 7) is 4.40. The van der Waals surface area contributed by atoms with Gasteiger partial charge in [-0.3, -0.25) is 4.79 Å². The first kappa shape index (κ1) is 25.0. The summed E-state index contributed by atoms with van der Waals surface area (Å²) in [6.07, 6.45) is -1.11. The molecule has 11 heteroatoms. The van der Waals surface area contributed by atoms with Crippen LogP contribution in [-0.4, -0.2) is 71.1 Å². The van der Waals surface area contributed by atoms with E-state index in [-0.39, 0.29) is 15.5 Å². The Labute approximate surface area is 198 Å². The van der Waals surface area contributed by atoms with E-state index in [0.717, 1.165) is 29.1 Å². The molecule has 1 amide bonds. The summed E-state index contributed by atoms with van der Waals surface area (Å²) < 4.78 is 36.4. The van der Waals surface area contributed by atoms with Crippen molar-refractivity contribution in [1.29, 1.82) is 0 Å². The summed E-state index contributed by atoms with van der Waals surface area (Å²) in [4.78, 5) is 27.0. The Morgan fingerprint density at radius 2 is 1.76 bits per heavy atom. The Morgan fingerprint density at radius 1 is 1.12 bits per heavy atom. The average Bonchev–Trinajstić information content (AvgIpc) is 2.80. The Morgan fingerprint density at radius 3 is 2.36 bits per heavy atom. The first-order valence-corrected chi connectivity index (χ1v) is 12.1. The molecule has 0 aliphatic carbocycles. The third-order valence-electron chi connectivity index (χ3n) is 5.09. The quantitative estimate of drug-likeness (QED) is 0.588. The number of halogens is 1. The number of esters is 1. The number of morpholine rings is 1. The second kappa shape index (κ2) is 10.5. The van der Waals surface area contributed by atoms with Crippen LogP contribution in [0, 0.1) is 0 Å². The zero-order valence-corrected chi connectivity index (χ0v) is 20.1. The fraction of sp³-hybridized carbons (Fsp3) is 0.364. The van der Waals surface area contributed by atoms with E-state index in [9.17, 15) is 18.0 Å². The predicted octanol–water partition coefficient (Wildman–Crippen LogP) is 2.61.